The van der Waals surface area contributed by atoms with Gasteiger partial charge < -0.3 is 35.1 Å². The highest BCUT2D eigenvalue weighted by Gasteiger charge is 2.22. The molecule has 11 heteroatoms. The Balaban J connectivity index is 2.10. The van der Waals surface area contributed by atoms with E-state index < -0.39 is 30.4 Å². The van der Waals surface area contributed by atoms with Gasteiger partial charge in [0.15, 0.2) is 0 Å². The molecular formula is C36H54N4O7. The molecule has 0 radical (unpaired) electrons. The zero-order valence-electron chi connectivity index (χ0n) is 29.5. The average Bonchev–Trinajstić information content (AvgIpc) is 2.95. The molecule has 0 heterocycles. The van der Waals surface area contributed by atoms with Crippen molar-refractivity contribution in [3.8, 4) is 0 Å². The molecule has 3 amide bonds. The van der Waals surface area contributed by atoms with Crippen LogP contribution in [-0.4, -0.2) is 56.1 Å². The van der Waals surface area contributed by atoms with E-state index in [4.69, 9.17) is 14.2 Å². The summed E-state index contributed by atoms with van der Waals surface area (Å²) in [6.45, 7) is 19.0. The second kappa shape index (κ2) is 18.8. The topological polar surface area (TPSA) is 135 Å². The van der Waals surface area contributed by atoms with Crippen LogP contribution < -0.4 is 20.9 Å². The maximum Gasteiger partial charge on any atom is 0.407 e. The van der Waals surface area contributed by atoms with Crippen LogP contribution in [0.2, 0.25) is 0 Å². The summed E-state index contributed by atoms with van der Waals surface area (Å²) in [5.74, 6) is -0.543. The van der Waals surface area contributed by atoms with E-state index in [-0.39, 0.29) is 31.3 Å². The van der Waals surface area contributed by atoms with Gasteiger partial charge in [-0.25, -0.2) is 9.59 Å². The number of hydrogen-bond acceptors (Lipinski definition) is 8. The lowest BCUT2D eigenvalue weighted by Crippen LogP contribution is -2.33. The Labute approximate surface area is 280 Å². The van der Waals surface area contributed by atoms with Gasteiger partial charge >= 0.3 is 24.1 Å². The highest BCUT2D eigenvalue weighted by molar-refractivity contribution is 6.02. The third-order valence-electron chi connectivity index (χ3n) is 6.90. The first-order valence-corrected chi connectivity index (χ1v) is 16.4. The number of aryl methyl sites for hydroxylation is 1. The molecule has 260 valence electrons. The molecule has 0 saturated heterocycles. The minimum absolute atomic E-state index is 0.0285. The van der Waals surface area contributed by atoms with Crippen LogP contribution in [0.25, 0.3) is 0 Å². The summed E-state index contributed by atoms with van der Waals surface area (Å²) in [7, 11) is 0. The van der Waals surface area contributed by atoms with Crippen LogP contribution in [0.3, 0.4) is 0 Å². The van der Waals surface area contributed by atoms with Crippen LogP contribution >= 0.6 is 0 Å². The number of hydrogen-bond donors (Lipinski definition) is 3. The Bertz CT molecular complexity index is 1310. The van der Waals surface area contributed by atoms with Gasteiger partial charge in [0.1, 0.15) is 5.60 Å². The number of ether oxygens (including phenoxy) is 3. The first kappa shape index (κ1) is 38.9. The number of nitrogens with one attached hydrogen (secondary N) is 3. The van der Waals surface area contributed by atoms with Crippen LogP contribution in [-0.2, 0) is 23.8 Å². The summed E-state index contributed by atoms with van der Waals surface area (Å²) in [6, 6.07) is 13.1. The van der Waals surface area contributed by atoms with Gasteiger partial charge in [-0.2, -0.15) is 0 Å². The second-order valence-corrected chi connectivity index (χ2v) is 13.6. The van der Waals surface area contributed by atoms with E-state index >= 15 is 0 Å². The molecule has 2 rings (SSSR count). The van der Waals surface area contributed by atoms with Crippen LogP contribution in [0.5, 0.6) is 0 Å². The number of nitrogens with zero attached hydrogens (tertiary/aromatic N) is 1. The fourth-order valence-electron chi connectivity index (χ4n) is 4.83. The van der Waals surface area contributed by atoms with Gasteiger partial charge in [-0.3, -0.25) is 9.59 Å². The maximum absolute atomic E-state index is 13.2. The molecule has 2 aromatic carbocycles. The third-order valence-corrected chi connectivity index (χ3v) is 6.90. The number of rotatable bonds is 16. The number of urea groups is 1. The fraction of sp³-hybridized carbons (Fsp3) is 0.556. The quantitative estimate of drug-likeness (QED) is 0.124. The summed E-state index contributed by atoms with van der Waals surface area (Å²) < 4.78 is 15.3. The standard InChI is InChI=1S/C36H54N4O7/c1-10-27(20-33(42)46-23-45-32(41)17-18-37-35(44)47-36(7,8)9)28-13-16-31(40(21-24(2)3)22-25(4)5)30(19-28)39-34(43)38-29-14-11-26(6)12-15-29/h11-16,19,24-25,27H,10,17-18,20-23H2,1-9H3,(H,37,44)(H2,38,39,43)/t27-/m0/s1. The molecule has 0 fully saturated rings. The van der Waals surface area contributed by atoms with E-state index in [0.717, 1.165) is 29.9 Å². The lowest BCUT2D eigenvalue weighted by atomic mass is 9.92. The second-order valence-electron chi connectivity index (χ2n) is 13.6. The number of benzene rings is 2. The summed E-state index contributed by atoms with van der Waals surface area (Å²) in [6.07, 6.45) is -0.0299. The summed E-state index contributed by atoms with van der Waals surface area (Å²) in [5, 5.41) is 8.44. The van der Waals surface area contributed by atoms with Gasteiger partial charge in [-0.05, 0) is 81.7 Å². The molecule has 2 aromatic rings. The largest absolute Gasteiger partial charge is 0.444 e. The summed E-state index contributed by atoms with van der Waals surface area (Å²) in [5.41, 5.74) is 3.56. The van der Waals surface area contributed by atoms with Crippen LogP contribution in [0, 0.1) is 18.8 Å². The van der Waals surface area contributed by atoms with E-state index in [1.165, 1.54) is 0 Å². The van der Waals surface area contributed by atoms with Gasteiger partial charge in [-0.1, -0.05) is 58.4 Å². The first-order valence-electron chi connectivity index (χ1n) is 16.4. The normalized spacial score (nSPS) is 11.9. The molecule has 47 heavy (non-hydrogen) atoms. The molecule has 0 bridgehead atoms. The summed E-state index contributed by atoms with van der Waals surface area (Å²) >= 11 is 0. The molecule has 0 spiro atoms. The first-order chi connectivity index (χ1) is 22.1. The van der Waals surface area contributed by atoms with Crippen molar-refractivity contribution in [1.29, 1.82) is 0 Å². The molecule has 0 aromatic heterocycles. The average molecular weight is 655 g/mol. The highest BCUT2D eigenvalue weighted by Crippen LogP contribution is 2.34. The fourth-order valence-corrected chi connectivity index (χ4v) is 4.83. The third kappa shape index (κ3) is 15.2. The highest BCUT2D eigenvalue weighted by atomic mass is 16.7. The molecular weight excluding hydrogens is 600 g/mol. The number of alkyl carbamates (subject to hydrolysis) is 1. The Morgan fingerprint density at radius 1 is 0.851 bits per heavy atom. The minimum Gasteiger partial charge on any atom is -0.444 e. The van der Waals surface area contributed by atoms with Gasteiger partial charge in [0.05, 0.1) is 24.2 Å². The molecule has 3 N–H and O–H groups in total. The Hall–Kier alpha value is -4.28. The van der Waals surface area contributed by atoms with Crippen molar-refractivity contribution in [2.24, 2.45) is 11.8 Å². The predicted octanol–water partition coefficient (Wildman–Crippen LogP) is 7.60. The van der Waals surface area contributed by atoms with Gasteiger partial charge in [0.2, 0.25) is 6.79 Å². The number of anilines is 3. The van der Waals surface area contributed by atoms with E-state index in [9.17, 15) is 19.2 Å². The van der Waals surface area contributed by atoms with E-state index in [1.807, 2.05) is 56.3 Å². The maximum atomic E-state index is 13.2. The number of carbonyl (C=O) groups is 4. The van der Waals surface area contributed by atoms with Crippen molar-refractivity contribution in [1.82, 2.24) is 5.32 Å². The van der Waals surface area contributed by atoms with Crippen molar-refractivity contribution in [3.63, 3.8) is 0 Å². The van der Waals surface area contributed by atoms with Gasteiger partial charge in [0, 0.05) is 25.3 Å². The van der Waals surface area contributed by atoms with Gasteiger partial charge in [-0.15, -0.1) is 0 Å². The zero-order chi connectivity index (χ0) is 35.1. The van der Waals surface area contributed by atoms with E-state index in [1.54, 1.807) is 20.8 Å². The summed E-state index contributed by atoms with van der Waals surface area (Å²) in [4.78, 5) is 51.9. The predicted molar refractivity (Wildman–Crippen MR) is 186 cm³/mol. The molecule has 0 aliphatic heterocycles. The van der Waals surface area contributed by atoms with Crippen LogP contribution in [0.4, 0.5) is 26.7 Å². The van der Waals surface area contributed by atoms with Crippen molar-refractivity contribution in [3.05, 3.63) is 53.6 Å². The SMILES string of the molecule is CC[C@@H](CC(=O)OCOC(=O)CCNC(=O)OC(C)(C)C)c1ccc(N(CC(C)C)CC(C)C)c(NC(=O)Nc2ccc(C)cc2)c1. The Morgan fingerprint density at radius 2 is 1.47 bits per heavy atom. The van der Waals surface area contributed by atoms with Crippen molar-refractivity contribution in [2.45, 2.75) is 93.1 Å². The van der Waals surface area contributed by atoms with Crippen molar-refractivity contribution >= 4 is 41.1 Å². The van der Waals surface area contributed by atoms with Crippen molar-refractivity contribution in [2.75, 3.05) is 42.0 Å². The molecule has 0 aliphatic carbocycles. The Morgan fingerprint density at radius 3 is 2.04 bits per heavy atom. The van der Waals surface area contributed by atoms with Crippen molar-refractivity contribution < 1.29 is 33.4 Å². The lowest BCUT2D eigenvalue weighted by Gasteiger charge is -2.31. The molecule has 0 saturated carbocycles. The van der Waals surface area contributed by atoms with E-state index in [0.29, 0.717) is 29.6 Å². The number of carbonyl (C=O) groups excluding carboxylic acids is 4. The number of esters is 2. The Kier molecular flexibility index (Phi) is 15.5. The minimum atomic E-state index is -0.645. The van der Waals surface area contributed by atoms with Crippen LogP contribution in [0.15, 0.2) is 42.5 Å². The molecule has 11 nitrogen and oxygen atoms in total. The van der Waals surface area contributed by atoms with Gasteiger partial charge in [0.25, 0.3) is 0 Å². The van der Waals surface area contributed by atoms with E-state index in [2.05, 4.69) is 48.5 Å². The van der Waals surface area contributed by atoms with Crippen LogP contribution in [0.1, 0.15) is 91.7 Å². The number of amides is 3. The monoisotopic (exact) mass is 654 g/mol. The zero-order valence-corrected chi connectivity index (χ0v) is 29.5. The molecule has 1 atom stereocenters. The molecule has 0 unspecified atom stereocenters. The smallest absolute Gasteiger partial charge is 0.407 e. The molecule has 0 aliphatic rings. The lowest BCUT2D eigenvalue weighted by molar-refractivity contribution is -0.167.